The Hall–Kier alpha value is -7.52. The summed E-state index contributed by atoms with van der Waals surface area (Å²) in [5.74, 6) is -0.875. The molecule has 60 heavy (non-hydrogen) atoms. The minimum absolute atomic E-state index is 0.00966. The third-order valence-corrected chi connectivity index (χ3v) is 9.71. The Morgan fingerprint density at radius 1 is 0.950 bits per heavy atom. The second-order valence-corrected chi connectivity index (χ2v) is 14.4. The summed E-state index contributed by atoms with van der Waals surface area (Å²) in [7, 11) is 0. The van der Waals surface area contributed by atoms with Gasteiger partial charge in [-0.2, -0.15) is 18.3 Å². The molecule has 1 unspecified atom stereocenters. The number of thiazole rings is 1. The van der Waals surface area contributed by atoms with Gasteiger partial charge in [-0.05, 0) is 60.1 Å². The zero-order valence-electron chi connectivity index (χ0n) is 31.3. The van der Waals surface area contributed by atoms with Crippen molar-refractivity contribution in [1.29, 1.82) is 0 Å². The van der Waals surface area contributed by atoms with Crippen LogP contribution in [0.4, 0.5) is 24.0 Å². The fourth-order valence-electron chi connectivity index (χ4n) is 6.18. The number of nitrogens with one attached hydrogen (secondary N) is 3. The first-order valence-electron chi connectivity index (χ1n) is 17.9. The summed E-state index contributed by atoms with van der Waals surface area (Å²) in [5, 5.41) is 21.5. The van der Waals surface area contributed by atoms with Crippen LogP contribution in [0.2, 0.25) is 0 Å². The number of aliphatic hydroxyl groups is 1. The summed E-state index contributed by atoms with van der Waals surface area (Å²) in [6, 6.07) is 17.7. The van der Waals surface area contributed by atoms with E-state index in [0.717, 1.165) is 28.2 Å². The minimum Gasteiger partial charge on any atom is -0.490 e. The Morgan fingerprint density at radius 3 is 2.50 bits per heavy atom. The van der Waals surface area contributed by atoms with Crippen LogP contribution < -0.4 is 30.3 Å². The van der Waals surface area contributed by atoms with E-state index in [1.54, 1.807) is 49.5 Å². The van der Waals surface area contributed by atoms with Gasteiger partial charge in [-0.3, -0.25) is 19.7 Å². The number of carbonyl (C=O) groups excluding carboxylic acids is 2. The average molecular weight is 839 g/mol. The number of carbonyl (C=O) groups is 2. The summed E-state index contributed by atoms with van der Waals surface area (Å²) >= 11 is 1.34. The SMILES string of the molecule is Cc1cnc(NC(=O)c2c(C)nc3ccc(-c4ccccc4OCC(O)COn4cc(NC(=O)c5cc(=O)[nH]cn5)c5nc(-c6ccccc6C(F)(F)F)cc[n+]54)nn23)s1. The van der Waals surface area contributed by atoms with Crippen LogP contribution in [-0.4, -0.2) is 75.6 Å². The van der Waals surface area contributed by atoms with E-state index in [9.17, 15) is 32.7 Å². The number of ether oxygens (including phenoxy) is 1. The fraction of sp³-hybridized carbons (Fsp3) is 0.154. The molecule has 0 aliphatic heterocycles. The molecule has 1 atom stereocenters. The number of aliphatic hydroxyl groups excluding tert-OH is 1. The maximum absolute atomic E-state index is 13.9. The lowest BCUT2D eigenvalue weighted by atomic mass is 10.0. The second kappa shape index (κ2) is 16.0. The van der Waals surface area contributed by atoms with E-state index < -0.39 is 35.2 Å². The maximum Gasteiger partial charge on any atom is 0.417 e. The van der Waals surface area contributed by atoms with Gasteiger partial charge in [-0.1, -0.05) is 28.8 Å². The molecular weight excluding hydrogens is 808 g/mol. The van der Waals surface area contributed by atoms with E-state index in [1.165, 1.54) is 57.0 Å². The van der Waals surface area contributed by atoms with Gasteiger partial charge in [0.05, 0.1) is 23.3 Å². The number of hydrogen-bond donors (Lipinski definition) is 4. The molecule has 0 fully saturated rings. The summed E-state index contributed by atoms with van der Waals surface area (Å²) < 4.78 is 50.6. The molecule has 0 saturated heterocycles. The number of halogens is 3. The number of fused-ring (bicyclic) bond motifs is 2. The average Bonchev–Trinajstić information content (AvgIpc) is 3.91. The van der Waals surface area contributed by atoms with Crippen molar-refractivity contribution < 1.29 is 42.0 Å². The molecule has 304 valence electrons. The Labute approximate surface area is 339 Å². The fourth-order valence-corrected chi connectivity index (χ4v) is 6.83. The normalized spacial score (nSPS) is 12.1. The number of alkyl halides is 3. The summed E-state index contributed by atoms with van der Waals surface area (Å²) in [5.41, 5.74) is 0.118. The zero-order chi connectivity index (χ0) is 42.1. The smallest absolute Gasteiger partial charge is 0.417 e. The zero-order valence-corrected chi connectivity index (χ0v) is 32.2. The molecule has 6 aromatic heterocycles. The molecule has 0 spiro atoms. The molecular formula is C39H31F3N11O6S+. The first-order chi connectivity index (χ1) is 28.8. The van der Waals surface area contributed by atoms with E-state index in [4.69, 9.17) is 14.7 Å². The molecule has 21 heteroatoms. The maximum atomic E-state index is 13.9. The molecule has 0 bridgehead atoms. The topological polar surface area (TPSA) is 208 Å². The van der Waals surface area contributed by atoms with E-state index in [2.05, 4.69) is 35.6 Å². The number of nitrogens with zero attached hydrogens (tertiary/aromatic N) is 8. The van der Waals surface area contributed by atoms with E-state index >= 15 is 0 Å². The number of para-hydroxylation sites is 1. The van der Waals surface area contributed by atoms with Crippen molar-refractivity contribution in [3.8, 4) is 28.3 Å². The third-order valence-electron chi connectivity index (χ3n) is 8.88. The molecule has 0 radical (unpaired) electrons. The van der Waals surface area contributed by atoms with Gasteiger partial charge < -0.3 is 25.0 Å². The number of rotatable bonds is 12. The number of aromatic nitrogens is 9. The van der Waals surface area contributed by atoms with Gasteiger partial charge in [0, 0.05) is 34.3 Å². The highest BCUT2D eigenvalue weighted by molar-refractivity contribution is 7.15. The second-order valence-electron chi connectivity index (χ2n) is 13.1. The van der Waals surface area contributed by atoms with Gasteiger partial charge in [0.1, 0.15) is 43.2 Å². The van der Waals surface area contributed by atoms with Gasteiger partial charge in [-0.15, -0.1) is 11.3 Å². The minimum atomic E-state index is -4.68. The van der Waals surface area contributed by atoms with Crippen molar-refractivity contribution in [3.63, 3.8) is 0 Å². The van der Waals surface area contributed by atoms with Crippen LogP contribution in [0.3, 0.4) is 0 Å². The predicted molar refractivity (Wildman–Crippen MR) is 210 cm³/mol. The Kier molecular flexibility index (Phi) is 10.5. The van der Waals surface area contributed by atoms with Crippen molar-refractivity contribution in [2.45, 2.75) is 26.1 Å². The van der Waals surface area contributed by atoms with Crippen molar-refractivity contribution in [2.24, 2.45) is 0 Å². The first-order valence-corrected chi connectivity index (χ1v) is 18.7. The number of aromatic amines is 1. The standard InChI is InChI=1S/C39H30F3N11O6S/c1-21-16-43-38(60-21)49-37(57)34-22(2)46-32-12-11-28(50-53(32)34)25-8-4-6-10-31(25)58-18-23(54)19-59-52-17-30(48-36(56)29-15-33(55)45-20-44-29)35-47-27(13-14-51(35)52)24-7-3-5-9-26(24)39(40,41)42/h3-17,20,23,54H,18-19H2,1-2H3,(H2-,43,44,45,48,49,55,56,57)/p+1. The molecule has 4 N–H and O–H groups in total. The molecule has 0 aliphatic carbocycles. The molecule has 2 amide bonds. The number of benzene rings is 2. The van der Waals surface area contributed by atoms with Crippen LogP contribution in [0.5, 0.6) is 5.75 Å². The first kappa shape index (κ1) is 39.3. The molecule has 17 nitrogen and oxygen atoms in total. The van der Waals surface area contributed by atoms with Gasteiger partial charge in [0.15, 0.2) is 27.9 Å². The van der Waals surface area contributed by atoms with Gasteiger partial charge in [0.25, 0.3) is 17.4 Å². The molecule has 8 aromatic rings. The van der Waals surface area contributed by atoms with Crippen LogP contribution in [0.1, 0.15) is 37.1 Å². The van der Waals surface area contributed by atoms with Crippen molar-refractivity contribution in [2.75, 3.05) is 23.8 Å². The molecule has 2 aromatic carbocycles. The van der Waals surface area contributed by atoms with E-state index in [-0.39, 0.29) is 47.2 Å². The van der Waals surface area contributed by atoms with Gasteiger partial charge in [-0.25, -0.2) is 19.5 Å². The lowest BCUT2D eigenvalue weighted by Gasteiger charge is -2.15. The Morgan fingerprint density at radius 2 is 1.73 bits per heavy atom. The number of hydrogen-bond acceptors (Lipinski definition) is 12. The monoisotopic (exact) mass is 838 g/mol. The molecule has 0 saturated carbocycles. The van der Waals surface area contributed by atoms with Gasteiger partial charge in [0.2, 0.25) is 0 Å². The van der Waals surface area contributed by atoms with Crippen molar-refractivity contribution in [3.05, 3.63) is 136 Å². The summed E-state index contributed by atoms with van der Waals surface area (Å²) in [4.78, 5) is 65.5. The highest BCUT2D eigenvalue weighted by Gasteiger charge is 2.35. The quantitative estimate of drug-likeness (QED) is 0.126. The lowest BCUT2D eigenvalue weighted by molar-refractivity contribution is -0.647. The van der Waals surface area contributed by atoms with Crippen LogP contribution in [0, 0.1) is 13.8 Å². The third kappa shape index (κ3) is 8.11. The predicted octanol–water partition coefficient (Wildman–Crippen LogP) is 4.55. The highest BCUT2D eigenvalue weighted by atomic mass is 32.1. The number of amides is 2. The van der Waals surface area contributed by atoms with Crippen LogP contribution in [-0.2, 0) is 6.18 Å². The Balaban J connectivity index is 1.02. The van der Waals surface area contributed by atoms with Crippen molar-refractivity contribution >= 4 is 45.3 Å². The molecule has 0 aliphatic rings. The van der Waals surface area contributed by atoms with Crippen molar-refractivity contribution in [1.82, 2.24) is 39.4 Å². The summed E-state index contributed by atoms with van der Waals surface area (Å²) in [6.07, 6.45) is -0.536. The van der Waals surface area contributed by atoms with Gasteiger partial charge >= 0.3 is 11.8 Å². The van der Waals surface area contributed by atoms with E-state index in [0.29, 0.717) is 33.5 Å². The van der Waals surface area contributed by atoms with Crippen LogP contribution in [0.25, 0.3) is 33.8 Å². The van der Waals surface area contributed by atoms with E-state index in [1.807, 2.05) is 6.92 Å². The highest BCUT2D eigenvalue weighted by Crippen LogP contribution is 2.36. The Bertz CT molecular complexity index is 2980. The summed E-state index contributed by atoms with van der Waals surface area (Å²) in [6.45, 7) is 2.96. The van der Waals surface area contributed by atoms with Crippen LogP contribution >= 0.6 is 11.3 Å². The number of aryl methyl sites for hydroxylation is 2. The lowest BCUT2D eigenvalue weighted by Crippen LogP contribution is -2.40. The van der Waals surface area contributed by atoms with Crippen LogP contribution in [0.15, 0.2) is 103 Å². The number of anilines is 2. The number of H-pyrrole nitrogens is 1. The molecule has 8 rings (SSSR count). The largest absolute Gasteiger partial charge is 0.490 e. The number of imidazole rings is 1. The molecule has 6 heterocycles.